The van der Waals surface area contributed by atoms with E-state index >= 15 is 0 Å². The normalized spacial score (nSPS) is 11.1. The number of halogens is 2. The topological polar surface area (TPSA) is 63.2 Å². The Kier molecular flexibility index (Phi) is 6.25. The Morgan fingerprint density at radius 2 is 1.97 bits per heavy atom. The van der Waals surface area contributed by atoms with Gasteiger partial charge in [-0.1, -0.05) is 11.6 Å². The number of benzene rings is 1. The maximum Gasteiger partial charge on any atom is 0.161 e. The number of nitrogens with zero attached hydrogens (tertiary/aromatic N) is 4. The van der Waals surface area contributed by atoms with E-state index in [1.807, 2.05) is 37.2 Å². The highest BCUT2D eigenvalue weighted by atomic mass is 35.5. The molecular weight excluding hydrogens is 417 g/mol. The molecule has 3 aromatic heterocycles. The molecular formula is C23H21ClFN5O. The van der Waals surface area contributed by atoms with Crippen molar-refractivity contribution in [3.63, 3.8) is 0 Å². The fourth-order valence-electron chi connectivity index (χ4n) is 3.07. The van der Waals surface area contributed by atoms with Gasteiger partial charge in [0, 0.05) is 34.9 Å². The first-order valence-electron chi connectivity index (χ1n) is 9.71. The zero-order chi connectivity index (χ0) is 21.8. The molecule has 4 rings (SSSR count). The van der Waals surface area contributed by atoms with E-state index in [1.165, 1.54) is 12.1 Å². The zero-order valence-electron chi connectivity index (χ0n) is 17.1. The number of aromatic nitrogens is 3. The Bertz CT molecular complexity index is 1220. The van der Waals surface area contributed by atoms with E-state index in [-0.39, 0.29) is 0 Å². The minimum Gasteiger partial charge on any atom is -0.488 e. The molecule has 6 nitrogen and oxygen atoms in total. The van der Waals surface area contributed by atoms with Crippen LogP contribution in [-0.4, -0.2) is 47.1 Å². The second kappa shape index (κ2) is 9.24. The number of hydrogen-bond acceptors (Lipinski definition) is 6. The van der Waals surface area contributed by atoms with Crippen LogP contribution in [0.2, 0.25) is 5.02 Å². The zero-order valence-corrected chi connectivity index (χ0v) is 17.9. The van der Waals surface area contributed by atoms with Crippen LogP contribution in [0.4, 0.5) is 15.8 Å². The molecule has 0 amide bonds. The average Bonchev–Trinajstić information content (AvgIpc) is 2.76. The van der Waals surface area contributed by atoms with Gasteiger partial charge in [-0.25, -0.2) is 14.4 Å². The lowest BCUT2D eigenvalue weighted by Gasteiger charge is -2.16. The van der Waals surface area contributed by atoms with Crippen LogP contribution < -0.4 is 10.1 Å². The molecule has 0 saturated heterocycles. The fraction of sp³-hybridized carbons (Fsp3) is 0.174. The molecule has 8 heteroatoms. The Labute approximate surface area is 184 Å². The van der Waals surface area contributed by atoms with Crippen LogP contribution in [0.15, 0.2) is 61.1 Å². The minimum absolute atomic E-state index is 0.306. The Hall–Kier alpha value is -3.29. The number of likely N-dealkylation sites (N-methyl/N-ethyl adjacent to an activating group) is 1. The van der Waals surface area contributed by atoms with Gasteiger partial charge in [0.1, 0.15) is 12.4 Å². The molecule has 4 aromatic rings. The van der Waals surface area contributed by atoms with Crippen molar-refractivity contribution in [3.8, 4) is 17.0 Å². The van der Waals surface area contributed by atoms with E-state index in [1.54, 1.807) is 30.7 Å². The van der Waals surface area contributed by atoms with Gasteiger partial charge in [0.15, 0.2) is 11.4 Å². The molecule has 0 aliphatic rings. The van der Waals surface area contributed by atoms with E-state index < -0.39 is 5.82 Å². The van der Waals surface area contributed by atoms with Crippen molar-refractivity contribution in [2.45, 2.75) is 0 Å². The van der Waals surface area contributed by atoms with Crippen molar-refractivity contribution in [1.82, 2.24) is 19.9 Å². The molecule has 3 heterocycles. The number of ether oxygens (including phenoxy) is 1. The second-order valence-electron chi connectivity index (χ2n) is 7.20. The Morgan fingerprint density at radius 1 is 1.10 bits per heavy atom. The van der Waals surface area contributed by atoms with E-state index in [9.17, 15) is 4.39 Å². The van der Waals surface area contributed by atoms with Crippen LogP contribution in [0.25, 0.3) is 22.3 Å². The molecule has 0 saturated carbocycles. The van der Waals surface area contributed by atoms with Crippen molar-refractivity contribution >= 4 is 34.0 Å². The predicted molar refractivity (Wildman–Crippen MR) is 122 cm³/mol. The van der Waals surface area contributed by atoms with E-state index in [2.05, 4.69) is 20.3 Å². The molecule has 1 aromatic carbocycles. The molecule has 0 atom stereocenters. The van der Waals surface area contributed by atoms with Crippen LogP contribution in [0, 0.1) is 5.82 Å². The Balaban J connectivity index is 1.75. The fourth-order valence-corrected chi connectivity index (χ4v) is 3.25. The molecule has 0 unspecified atom stereocenters. The third kappa shape index (κ3) is 4.90. The molecule has 0 fully saturated rings. The predicted octanol–water partition coefficient (Wildman–Crippen LogP) is 5.17. The summed E-state index contributed by atoms with van der Waals surface area (Å²) >= 11 is 6.09. The van der Waals surface area contributed by atoms with Crippen molar-refractivity contribution in [2.75, 3.05) is 32.6 Å². The SMILES string of the molecule is CN(C)CCOc1cnccc1Nc1cc(-c2cc(Cl)ccc2F)nc2ncccc12. The van der Waals surface area contributed by atoms with Crippen LogP contribution in [-0.2, 0) is 0 Å². The molecule has 31 heavy (non-hydrogen) atoms. The van der Waals surface area contributed by atoms with E-state index in [0.717, 1.165) is 23.3 Å². The number of anilines is 2. The van der Waals surface area contributed by atoms with Gasteiger partial charge < -0.3 is 15.0 Å². The molecule has 0 radical (unpaired) electrons. The summed E-state index contributed by atoms with van der Waals surface area (Å²) in [6.45, 7) is 1.29. The number of hydrogen-bond donors (Lipinski definition) is 1. The molecule has 158 valence electrons. The van der Waals surface area contributed by atoms with Gasteiger partial charge in [0.25, 0.3) is 0 Å². The minimum atomic E-state index is -0.408. The summed E-state index contributed by atoms with van der Waals surface area (Å²) in [5.41, 5.74) is 2.68. The Morgan fingerprint density at radius 3 is 2.81 bits per heavy atom. The number of nitrogens with one attached hydrogen (secondary N) is 1. The van der Waals surface area contributed by atoms with Crippen LogP contribution in [0.5, 0.6) is 5.75 Å². The van der Waals surface area contributed by atoms with Crippen molar-refractivity contribution in [3.05, 3.63) is 71.9 Å². The van der Waals surface area contributed by atoms with E-state index in [0.29, 0.717) is 34.3 Å². The lowest BCUT2D eigenvalue weighted by Crippen LogP contribution is -2.19. The average molecular weight is 438 g/mol. The van der Waals surface area contributed by atoms with Crippen molar-refractivity contribution < 1.29 is 9.13 Å². The monoisotopic (exact) mass is 437 g/mol. The van der Waals surface area contributed by atoms with Gasteiger partial charge in [0.2, 0.25) is 0 Å². The standard InChI is InChI=1S/C23H21ClFN5O/c1-30(2)10-11-31-22-14-26-9-7-19(22)28-20-13-21(17-12-15(24)5-6-18(17)25)29-23-16(20)4-3-8-27-23/h3-9,12-14H,10-11H2,1-2H3,(H,26,27,28,29). The van der Waals surface area contributed by atoms with Gasteiger partial charge in [-0.2, -0.15) is 0 Å². The summed E-state index contributed by atoms with van der Waals surface area (Å²) < 4.78 is 20.4. The summed E-state index contributed by atoms with van der Waals surface area (Å²) in [6.07, 6.45) is 5.00. The number of fused-ring (bicyclic) bond motifs is 1. The third-order valence-corrected chi connectivity index (χ3v) is 4.87. The molecule has 0 spiro atoms. The van der Waals surface area contributed by atoms with Crippen LogP contribution >= 0.6 is 11.6 Å². The summed E-state index contributed by atoms with van der Waals surface area (Å²) in [5.74, 6) is 0.212. The highest BCUT2D eigenvalue weighted by Crippen LogP contribution is 2.34. The van der Waals surface area contributed by atoms with Crippen LogP contribution in [0.1, 0.15) is 0 Å². The largest absolute Gasteiger partial charge is 0.488 e. The smallest absolute Gasteiger partial charge is 0.161 e. The van der Waals surface area contributed by atoms with Gasteiger partial charge in [0.05, 0.1) is 23.3 Å². The molecule has 0 bridgehead atoms. The van der Waals surface area contributed by atoms with Gasteiger partial charge in [-0.05, 0) is 56.6 Å². The number of rotatable bonds is 7. The quantitative estimate of drug-likeness (QED) is 0.430. The first-order chi connectivity index (χ1) is 15.0. The van der Waals surface area contributed by atoms with E-state index in [4.69, 9.17) is 16.3 Å². The van der Waals surface area contributed by atoms with Gasteiger partial charge >= 0.3 is 0 Å². The first-order valence-corrected chi connectivity index (χ1v) is 10.1. The third-order valence-electron chi connectivity index (χ3n) is 4.64. The van der Waals surface area contributed by atoms with Crippen molar-refractivity contribution in [1.29, 1.82) is 0 Å². The molecule has 1 N–H and O–H groups in total. The summed E-state index contributed by atoms with van der Waals surface area (Å²) in [6, 6.07) is 11.7. The summed E-state index contributed by atoms with van der Waals surface area (Å²) in [5, 5.41) is 4.61. The maximum atomic E-state index is 14.5. The van der Waals surface area contributed by atoms with Crippen LogP contribution in [0.3, 0.4) is 0 Å². The molecule has 0 aliphatic carbocycles. The first kappa shape index (κ1) is 21.0. The van der Waals surface area contributed by atoms with Gasteiger partial charge in [-0.3, -0.25) is 4.98 Å². The highest BCUT2D eigenvalue weighted by Gasteiger charge is 2.14. The lowest BCUT2D eigenvalue weighted by molar-refractivity contribution is 0.261. The second-order valence-corrected chi connectivity index (χ2v) is 7.64. The summed E-state index contributed by atoms with van der Waals surface area (Å²) in [4.78, 5) is 15.1. The van der Waals surface area contributed by atoms with Gasteiger partial charge in [-0.15, -0.1) is 0 Å². The lowest BCUT2D eigenvalue weighted by atomic mass is 10.1. The van der Waals surface area contributed by atoms with Crippen molar-refractivity contribution in [2.24, 2.45) is 0 Å². The summed E-state index contributed by atoms with van der Waals surface area (Å²) in [7, 11) is 3.97. The number of pyridine rings is 3. The maximum absolute atomic E-state index is 14.5. The molecule has 0 aliphatic heterocycles. The highest BCUT2D eigenvalue weighted by molar-refractivity contribution is 6.30.